The van der Waals surface area contributed by atoms with E-state index in [1.54, 1.807) is 0 Å². The van der Waals surface area contributed by atoms with Gasteiger partial charge in [0.2, 0.25) is 0 Å². The van der Waals surface area contributed by atoms with Crippen LogP contribution >= 0.6 is 11.3 Å². The van der Waals surface area contributed by atoms with E-state index in [-0.39, 0.29) is 11.9 Å². The number of thiazole rings is 1. The van der Waals surface area contributed by atoms with Gasteiger partial charge in [-0.1, -0.05) is 38.0 Å². The lowest BCUT2D eigenvalue weighted by Gasteiger charge is -2.29. The van der Waals surface area contributed by atoms with Crippen molar-refractivity contribution in [2.24, 2.45) is 5.92 Å². The smallest absolute Gasteiger partial charge is 0.263 e. The van der Waals surface area contributed by atoms with E-state index < -0.39 is 0 Å². The lowest BCUT2D eigenvalue weighted by molar-refractivity contribution is 0.0913. The van der Waals surface area contributed by atoms with Crippen molar-refractivity contribution < 1.29 is 9.53 Å². The molecule has 2 aromatic rings. The van der Waals surface area contributed by atoms with Crippen LogP contribution in [0.25, 0.3) is 0 Å². The maximum absolute atomic E-state index is 12.6. The summed E-state index contributed by atoms with van der Waals surface area (Å²) in [5.41, 5.74) is 0.785. The normalized spacial score (nSPS) is 20.6. The summed E-state index contributed by atoms with van der Waals surface area (Å²) in [5, 5.41) is 4.04. The van der Waals surface area contributed by atoms with Crippen molar-refractivity contribution in [3.63, 3.8) is 0 Å². The van der Waals surface area contributed by atoms with Crippen LogP contribution in [-0.4, -0.2) is 16.9 Å². The molecule has 5 heteroatoms. The van der Waals surface area contributed by atoms with E-state index in [9.17, 15) is 4.79 Å². The number of hydrogen-bond donors (Lipinski definition) is 1. The van der Waals surface area contributed by atoms with Gasteiger partial charge in [-0.15, -0.1) is 11.3 Å². The van der Waals surface area contributed by atoms with Crippen LogP contribution in [0.3, 0.4) is 0 Å². The van der Waals surface area contributed by atoms with Crippen LogP contribution in [0.4, 0.5) is 0 Å². The molecule has 1 saturated carbocycles. The van der Waals surface area contributed by atoms with Gasteiger partial charge in [0.1, 0.15) is 22.2 Å². The number of carbonyl (C=O) groups excluding carboxylic acids is 1. The maximum atomic E-state index is 12.6. The Hall–Kier alpha value is -1.88. The van der Waals surface area contributed by atoms with E-state index in [0.717, 1.165) is 22.9 Å². The number of aromatic nitrogens is 1. The van der Waals surface area contributed by atoms with Crippen LogP contribution in [0.1, 0.15) is 53.0 Å². The van der Waals surface area contributed by atoms with Gasteiger partial charge >= 0.3 is 0 Å². The Morgan fingerprint density at radius 2 is 2.04 bits per heavy atom. The van der Waals surface area contributed by atoms with Gasteiger partial charge in [-0.2, -0.15) is 0 Å². The Morgan fingerprint density at radius 1 is 1.29 bits per heavy atom. The molecule has 1 fully saturated rings. The molecule has 0 radical (unpaired) electrons. The van der Waals surface area contributed by atoms with Crippen molar-refractivity contribution in [2.75, 3.05) is 0 Å². The molecule has 0 unspecified atom stereocenters. The number of aryl methyl sites for hydroxylation is 1. The molecular weight excluding hydrogens is 320 g/mol. The monoisotopic (exact) mass is 344 g/mol. The Morgan fingerprint density at radius 3 is 2.79 bits per heavy atom. The van der Waals surface area contributed by atoms with Gasteiger partial charge in [-0.05, 0) is 37.8 Å². The lowest BCUT2D eigenvalue weighted by Crippen LogP contribution is -2.40. The number of para-hydroxylation sites is 1. The molecule has 128 valence electrons. The Balaban J connectivity index is 1.61. The minimum Gasteiger partial charge on any atom is -0.486 e. The summed E-state index contributed by atoms with van der Waals surface area (Å²) in [6.45, 7) is 4.51. The molecule has 1 aromatic carbocycles. The molecule has 1 aliphatic carbocycles. The zero-order chi connectivity index (χ0) is 16.9. The van der Waals surface area contributed by atoms with Crippen LogP contribution in [0.2, 0.25) is 0 Å². The summed E-state index contributed by atoms with van der Waals surface area (Å²) in [5.74, 6) is 1.37. The average Bonchev–Trinajstić information content (AvgIpc) is 2.97. The van der Waals surface area contributed by atoms with Crippen LogP contribution in [0.5, 0.6) is 5.75 Å². The molecule has 0 saturated heterocycles. The summed E-state index contributed by atoms with van der Waals surface area (Å²) in [4.78, 5) is 17.8. The first kappa shape index (κ1) is 17.0. The minimum absolute atomic E-state index is 0.00899. The molecule has 4 nitrogen and oxygen atoms in total. The predicted molar refractivity (Wildman–Crippen MR) is 96.5 cm³/mol. The third kappa shape index (κ3) is 4.15. The maximum Gasteiger partial charge on any atom is 0.263 e. The number of rotatable bonds is 5. The minimum atomic E-state index is 0.00899. The number of benzene rings is 1. The molecule has 1 aromatic heterocycles. The molecule has 1 heterocycles. The highest BCUT2D eigenvalue weighted by atomic mass is 32.1. The number of amides is 1. The first-order valence-electron chi connectivity index (χ1n) is 8.58. The summed E-state index contributed by atoms with van der Waals surface area (Å²) >= 11 is 1.43. The Bertz CT molecular complexity index is 684. The van der Waals surface area contributed by atoms with Crippen LogP contribution in [0, 0.1) is 12.8 Å². The van der Waals surface area contributed by atoms with E-state index >= 15 is 0 Å². The molecule has 0 spiro atoms. The van der Waals surface area contributed by atoms with Crippen molar-refractivity contribution in [1.82, 2.24) is 10.3 Å². The van der Waals surface area contributed by atoms with Crippen molar-refractivity contribution in [3.05, 3.63) is 45.9 Å². The fourth-order valence-corrected chi connectivity index (χ4v) is 4.03. The van der Waals surface area contributed by atoms with Gasteiger partial charge in [0.15, 0.2) is 0 Å². The summed E-state index contributed by atoms with van der Waals surface area (Å²) in [6, 6.07) is 9.95. The first-order valence-corrected chi connectivity index (χ1v) is 9.40. The quantitative estimate of drug-likeness (QED) is 0.878. The highest BCUT2D eigenvalue weighted by Crippen LogP contribution is 2.25. The Labute approximate surface area is 147 Å². The zero-order valence-corrected chi connectivity index (χ0v) is 15.1. The van der Waals surface area contributed by atoms with Crippen LogP contribution in [-0.2, 0) is 6.61 Å². The average molecular weight is 344 g/mol. The molecule has 3 rings (SSSR count). The van der Waals surface area contributed by atoms with Crippen molar-refractivity contribution in [3.8, 4) is 5.75 Å². The molecule has 1 aliphatic rings. The largest absolute Gasteiger partial charge is 0.486 e. The second kappa shape index (κ2) is 7.79. The fourth-order valence-electron chi connectivity index (χ4n) is 3.15. The van der Waals surface area contributed by atoms with Crippen LogP contribution in [0.15, 0.2) is 30.3 Å². The highest BCUT2D eigenvalue weighted by molar-refractivity contribution is 7.13. The third-order valence-electron chi connectivity index (χ3n) is 4.58. The zero-order valence-electron chi connectivity index (χ0n) is 14.2. The summed E-state index contributed by atoms with van der Waals surface area (Å²) in [7, 11) is 0. The van der Waals surface area contributed by atoms with Gasteiger partial charge in [-0.25, -0.2) is 4.98 Å². The van der Waals surface area contributed by atoms with E-state index in [1.807, 2.05) is 37.3 Å². The first-order chi connectivity index (χ1) is 11.6. The number of nitrogens with zero attached hydrogens (tertiary/aromatic N) is 1. The standard InChI is InChI=1S/C19H24N2O2S/c1-13-8-6-7-11-16(13)21-19(22)18-14(2)20-17(24-18)12-23-15-9-4-3-5-10-15/h3-5,9-10,13,16H,6-8,11-12H2,1-2H3,(H,21,22)/t13-,16-/m1/s1. The third-order valence-corrected chi connectivity index (χ3v) is 5.71. The topological polar surface area (TPSA) is 51.2 Å². The van der Waals surface area contributed by atoms with Gasteiger partial charge in [-0.3, -0.25) is 4.79 Å². The molecule has 0 bridgehead atoms. The fraction of sp³-hybridized carbons (Fsp3) is 0.474. The van der Waals surface area contributed by atoms with Crippen LogP contribution < -0.4 is 10.1 Å². The lowest BCUT2D eigenvalue weighted by atomic mass is 9.86. The highest BCUT2D eigenvalue weighted by Gasteiger charge is 2.25. The van der Waals surface area contributed by atoms with Crippen molar-refractivity contribution in [2.45, 2.75) is 52.2 Å². The van der Waals surface area contributed by atoms with E-state index in [2.05, 4.69) is 17.2 Å². The van der Waals surface area contributed by atoms with Gasteiger partial charge < -0.3 is 10.1 Å². The molecule has 24 heavy (non-hydrogen) atoms. The molecule has 0 aliphatic heterocycles. The second-order valence-corrected chi connectivity index (χ2v) is 7.55. The van der Waals surface area contributed by atoms with Crippen molar-refractivity contribution in [1.29, 1.82) is 0 Å². The second-order valence-electron chi connectivity index (χ2n) is 6.47. The molecule has 1 N–H and O–H groups in total. The van der Waals surface area contributed by atoms with Gasteiger partial charge in [0.05, 0.1) is 5.69 Å². The summed E-state index contributed by atoms with van der Waals surface area (Å²) in [6.07, 6.45) is 4.75. The van der Waals surface area contributed by atoms with E-state index in [1.165, 1.54) is 30.6 Å². The molecule has 2 atom stereocenters. The van der Waals surface area contributed by atoms with Gasteiger partial charge in [0, 0.05) is 6.04 Å². The van der Waals surface area contributed by atoms with Crippen molar-refractivity contribution >= 4 is 17.2 Å². The molecular formula is C19H24N2O2S. The van der Waals surface area contributed by atoms with E-state index in [0.29, 0.717) is 17.4 Å². The molecule has 1 amide bonds. The number of hydrogen-bond acceptors (Lipinski definition) is 4. The summed E-state index contributed by atoms with van der Waals surface area (Å²) < 4.78 is 5.72. The Kier molecular flexibility index (Phi) is 5.51. The number of carbonyl (C=O) groups is 1. The predicted octanol–water partition coefficient (Wildman–Crippen LogP) is 4.34. The number of nitrogens with one attached hydrogen (secondary N) is 1. The number of ether oxygens (including phenoxy) is 1. The van der Waals surface area contributed by atoms with Gasteiger partial charge in [0.25, 0.3) is 5.91 Å². The van der Waals surface area contributed by atoms with E-state index in [4.69, 9.17) is 4.74 Å². The SMILES string of the molecule is Cc1nc(COc2ccccc2)sc1C(=O)N[C@@H]1CCCC[C@H]1C.